The summed E-state index contributed by atoms with van der Waals surface area (Å²) in [4.78, 5) is 0. The van der Waals surface area contributed by atoms with Crippen molar-refractivity contribution in [3.8, 4) is 0 Å². The first-order valence-corrected chi connectivity index (χ1v) is 6.64. The zero-order valence-electron chi connectivity index (χ0n) is 10.7. The number of rotatable bonds is 8. The third-order valence-corrected chi connectivity index (χ3v) is 3.16. The summed E-state index contributed by atoms with van der Waals surface area (Å²) in [7, 11) is 1.99. The lowest BCUT2D eigenvalue weighted by Crippen LogP contribution is -2.29. The maximum atomic E-state index is 6.15. The quantitative estimate of drug-likeness (QED) is 0.720. The SMILES string of the molecule is CCCOCCC(Cc1ccccc1Cl)NC. The minimum absolute atomic E-state index is 0.423. The second-order valence-electron chi connectivity index (χ2n) is 4.18. The van der Waals surface area contributed by atoms with Crippen LogP contribution in [0.4, 0.5) is 0 Å². The first kappa shape index (κ1) is 14.5. The molecule has 3 heteroatoms. The minimum Gasteiger partial charge on any atom is -0.381 e. The summed E-state index contributed by atoms with van der Waals surface area (Å²) >= 11 is 6.15. The van der Waals surface area contributed by atoms with Gasteiger partial charge in [0.15, 0.2) is 0 Å². The fourth-order valence-electron chi connectivity index (χ4n) is 1.75. The molecule has 0 bridgehead atoms. The Kier molecular flexibility index (Phi) is 7.25. The molecule has 0 fully saturated rings. The molecule has 0 saturated carbocycles. The van der Waals surface area contributed by atoms with Crippen LogP contribution in [-0.2, 0) is 11.2 Å². The third-order valence-electron chi connectivity index (χ3n) is 2.79. The smallest absolute Gasteiger partial charge is 0.0480 e. The maximum Gasteiger partial charge on any atom is 0.0480 e. The van der Waals surface area contributed by atoms with Crippen molar-refractivity contribution in [3.63, 3.8) is 0 Å². The van der Waals surface area contributed by atoms with Gasteiger partial charge in [-0.1, -0.05) is 36.7 Å². The van der Waals surface area contributed by atoms with Gasteiger partial charge in [0.05, 0.1) is 0 Å². The van der Waals surface area contributed by atoms with Crippen LogP contribution in [0, 0.1) is 0 Å². The molecule has 2 nitrogen and oxygen atoms in total. The monoisotopic (exact) mass is 255 g/mol. The number of hydrogen-bond acceptors (Lipinski definition) is 2. The van der Waals surface area contributed by atoms with Crippen molar-refractivity contribution in [1.29, 1.82) is 0 Å². The summed E-state index contributed by atoms with van der Waals surface area (Å²) in [5.74, 6) is 0. The van der Waals surface area contributed by atoms with Gasteiger partial charge in [0.1, 0.15) is 0 Å². The number of hydrogen-bond donors (Lipinski definition) is 1. The van der Waals surface area contributed by atoms with Crippen LogP contribution in [0.25, 0.3) is 0 Å². The summed E-state index contributed by atoms with van der Waals surface area (Å²) < 4.78 is 5.51. The van der Waals surface area contributed by atoms with Gasteiger partial charge in [-0.05, 0) is 37.9 Å². The van der Waals surface area contributed by atoms with Crippen LogP contribution in [-0.4, -0.2) is 26.3 Å². The van der Waals surface area contributed by atoms with Gasteiger partial charge in [0.25, 0.3) is 0 Å². The van der Waals surface area contributed by atoms with Crippen LogP contribution in [0.3, 0.4) is 0 Å². The van der Waals surface area contributed by atoms with Crippen LogP contribution in [0.1, 0.15) is 25.3 Å². The molecule has 96 valence electrons. The second-order valence-corrected chi connectivity index (χ2v) is 4.59. The Morgan fingerprint density at radius 2 is 2.06 bits per heavy atom. The molecule has 0 aliphatic rings. The molecule has 0 saturated heterocycles. The van der Waals surface area contributed by atoms with E-state index in [9.17, 15) is 0 Å². The molecule has 1 N–H and O–H groups in total. The Morgan fingerprint density at radius 1 is 1.29 bits per heavy atom. The number of ether oxygens (including phenoxy) is 1. The van der Waals surface area contributed by atoms with Crippen molar-refractivity contribution in [1.82, 2.24) is 5.32 Å². The Hall–Kier alpha value is -0.570. The predicted molar refractivity (Wildman–Crippen MR) is 73.7 cm³/mol. The van der Waals surface area contributed by atoms with Crippen LogP contribution >= 0.6 is 11.6 Å². The molecule has 0 radical (unpaired) electrons. The van der Waals surface area contributed by atoms with Crippen LogP contribution < -0.4 is 5.32 Å². The normalized spacial score (nSPS) is 12.6. The summed E-state index contributed by atoms with van der Waals surface area (Å²) in [6, 6.07) is 8.44. The topological polar surface area (TPSA) is 21.3 Å². The Bertz CT molecular complexity index is 317. The van der Waals surface area contributed by atoms with Gasteiger partial charge >= 0.3 is 0 Å². The molecule has 1 unspecified atom stereocenters. The third kappa shape index (κ3) is 5.53. The molecule has 0 spiro atoms. The lowest BCUT2D eigenvalue weighted by molar-refractivity contribution is 0.125. The van der Waals surface area contributed by atoms with Crippen LogP contribution in [0.2, 0.25) is 5.02 Å². The average Bonchev–Trinajstić information content (AvgIpc) is 2.35. The molecule has 1 aromatic rings. The molecule has 0 aliphatic carbocycles. The van der Waals surface area contributed by atoms with Gasteiger partial charge in [-0.25, -0.2) is 0 Å². The lowest BCUT2D eigenvalue weighted by atomic mass is 10.0. The Balaban J connectivity index is 2.38. The molecular formula is C14H22ClNO. The van der Waals surface area contributed by atoms with E-state index in [1.807, 2.05) is 25.2 Å². The van der Waals surface area contributed by atoms with Gasteiger partial charge in [-0.3, -0.25) is 0 Å². The van der Waals surface area contributed by atoms with E-state index >= 15 is 0 Å². The van der Waals surface area contributed by atoms with E-state index in [2.05, 4.69) is 18.3 Å². The van der Waals surface area contributed by atoms with Crippen LogP contribution in [0.5, 0.6) is 0 Å². The van der Waals surface area contributed by atoms with Crippen molar-refractivity contribution in [2.24, 2.45) is 0 Å². The molecular weight excluding hydrogens is 234 g/mol. The molecule has 17 heavy (non-hydrogen) atoms. The van der Waals surface area contributed by atoms with Crippen molar-refractivity contribution >= 4 is 11.6 Å². The molecule has 0 aliphatic heterocycles. The fourth-order valence-corrected chi connectivity index (χ4v) is 1.96. The average molecular weight is 256 g/mol. The number of halogens is 1. The van der Waals surface area contributed by atoms with E-state index in [1.165, 1.54) is 5.56 Å². The highest BCUT2D eigenvalue weighted by Crippen LogP contribution is 2.17. The van der Waals surface area contributed by atoms with Crippen molar-refractivity contribution < 1.29 is 4.74 Å². The highest BCUT2D eigenvalue weighted by Gasteiger charge is 2.09. The van der Waals surface area contributed by atoms with Crippen LogP contribution in [0.15, 0.2) is 24.3 Å². The summed E-state index contributed by atoms with van der Waals surface area (Å²) in [6.07, 6.45) is 3.04. The number of nitrogens with one attached hydrogen (secondary N) is 1. The van der Waals surface area contributed by atoms with Gasteiger partial charge < -0.3 is 10.1 Å². The van der Waals surface area contributed by atoms with Gasteiger partial charge in [-0.15, -0.1) is 0 Å². The first-order valence-electron chi connectivity index (χ1n) is 6.26. The van der Waals surface area contributed by atoms with Gasteiger partial charge in [0, 0.05) is 24.3 Å². The predicted octanol–water partition coefficient (Wildman–Crippen LogP) is 3.29. The molecule has 1 aromatic carbocycles. The number of likely N-dealkylation sites (N-methyl/N-ethyl adjacent to an activating group) is 1. The lowest BCUT2D eigenvalue weighted by Gasteiger charge is -2.17. The maximum absolute atomic E-state index is 6.15. The van der Waals surface area contributed by atoms with E-state index in [1.54, 1.807) is 0 Å². The summed E-state index contributed by atoms with van der Waals surface area (Å²) in [5, 5.41) is 4.17. The molecule has 0 heterocycles. The Morgan fingerprint density at radius 3 is 2.71 bits per heavy atom. The van der Waals surface area contributed by atoms with Gasteiger partial charge in [-0.2, -0.15) is 0 Å². The standard InChI is InChI=1S/C14H22ClNO/c1-3-9-17-10-8-13(16-2)11-12-6-4-5-7-14(12)15/h4-7,13,16H,3,8-11H2,1-2H3. The molecule has 0 aromatic heterocycles. The molecule has 0 amide bonds. The van der Waals surface area contributed by atoms with E-state index in [0.717, 1.165) is 37.5 Å². The largest absolute Gasteiger partial charge is 0.381 e. The zero-order chi connectivity index (χ0) is 12.5. The second kappa shape index (κ2) is 8.51. The first-order chi connectivity index (χ1) is 8.27. The van der Waals surface area contributed by atoms with E-state index < -0.39 is 0 Å². The number of benzene rings is 1. The van der Waals surface area contributed by atoms with Crippen molar-refractivity contribution in [3.05, 3.63) is 34.9 Å². The highest BCUT2D eigenvalue weighted by molar-refractivity contribution is 6.31. The van der Waals surface area contributed by atoms with Crippen molar-refractivity contribution in [2.75, 3.05) is 20.3 Å². The zero-order valence-corrected chi connectivity index (χ0v) is 11.5. The van der Waals surface area contributed by atoms with Crippen molar-refractivity contribution in [2.45, 2.75) is 32.2 Å². The van der Waals surface area contributed by atoms with E-state index in [-0.39, 0.29) is 0 Å². The minimum atomic E-state index is 0.423. The van der Waals surface area contributed by atoms with E-state index in [0.29, 0.717) is 6.04 Å². The molecule has 1 rings (SSSR count). The summed E-state index contributed by atoms with van der Waals surface area (Å²) in [6.45, 7) is 3.78. The van der Waals surface area contributed by atoms with Gasteiger partial charge in [0.2, 0.25) is 0 Å². The fraction of sp³-hybridized carbons (Fsp3) is 0.571. The highest BCUT2D eigenvalue weighted by atomic mass is 35.5. The Labute approximate surface area is 109 Å². The molecule has 1 atom stereocenters. The summed E-state index contributed by atoms with van der Waals surface area (Å²) in [5.41, 5.74) is 1.20. The van der Waals surface area contributed by atoms with E-state index in [4.69, 9.17) is 16.3 Å².